The monoisotopic (exact) mass is 229 g/mol. The van der Waals surface area contributed by atoms with Gasteiger partial charge in [0.25, 0.3) is 0 Å². The summed E-state index contributed by atoms with van der Waals surface area (Å²) in [6, 6.07) is 0.198. The second-order valence-electron chi connectivity index (χ2n) is 4.15. The molecule has 0 aliphatic rings. The standard InChI is InChI=1S/C11H23N3O2/c1-5-6-9(2)13-10(15)7-12-8-11(16)14(3)4/h9,12H,5-8H2,1-4H3,(H,13,15). The van der Waals surface area contributed by atoms with Gasteiger partial charge in [-0.3, -0.25) is 14.9 Å². The van der Waals surface area contributed by atoms with Gasteiger partial charge in [-0.15, -0.1) is 0 Å². The van der Waals surface area contributed by atoms with Crippen LogP contribution >= 0.6 is 0 Å². The van der Waals surface area contributed by atoms with E-state index in [9.17, 15) is 9.59 Å². The summed E-state index contributed by atoms with van der Waals surface area (Å²) in [5.74, 6) is -0.0955. The fourth-order valence-corrected chi connectivity index (χ4v) is 1.27. The predicted molar refractivity (Wildman–Crippen MR) is 64.1 cm³/mol. The quantitative estimate of drug-likeness (QED) is 0.644. The molecule has 0 aliphatic heterocycles. The number of likely N-dealkylation sites (N-methyl/N-ethyl adjacent to an activating group) is 1. The van der Waals surface area contributed by atoms with Crippen LogP contribution in [0.1, 0.15) is 26.7 Å². The lowest BCUT2D eigenvalue weighted by atomic mass is 10.2. The van der Waals surface area contributed by atoms with Crippen LogP contribution in [0.3, 0.4) is 0 Å². The van der Waals surface area contributed by atoms with E-state index in [0.717, 1.165) is 12.8 Å². The van der Waals surface area contributed by atoms with Crippen LogP contribution in [0.25, 0.3) is 0 Å². The van der Waals surface area contributed by atoms with Crippen LogP contribution in [0.4, 0.5) is 0 Å². The van der Waals surface area contributed by atoms with Crippen molar-refractivity contribution in [3.63, 3.8) is 0 Å². The molecule has 0 fully saturated rings. The van der Waals surface area contributed by atoms with Crippen molar-refractivity contribution in [2.45, 2.75) is 32.7 Å². The molecule has 1 unspecified atom stereocenters. The van der Waals surface area contributed by atoms with Crippen molar-refractivity contribution in [3.8, 4) is 0 Å². The van der Waals surface area contributed by atoms with Gasteiger partial charge in [-0.05, 0) is 13.3 Å². The molecule has 0 rings (SSSR count). The molecular weight excluding hydrogens is 206 g/mol. The Morgan fingerprint density at radius 3 is 2.38 bits per heavy atom. The van der Waals surface area contributed by atoms with Gasteiger partial charge in [0.05, 0.1) is 13.1 Å². The number of carbonyl (C=O) groups excluding carboxylic acids is 2. The van der Waals surface area contributed by atoms with Crippen molar-refractivity contribution < 1.29 is 9.59 Å². The van der Waals surface area contributed by atoms with Gasteiger partial charge < -0.3 is 10.2 Å². The topological polar surface area (TPSA) is 61.4 Å². The Hall–Kier alpha value is -1.10. The Morgan fingerprint density at radius 2 is 1.88 bits per heavy atom. The second kappa shape index (κ2) is 8.10. The molecule has 94 valence electrons. The smallest absolute Gasteiger partial charge is 0.236 e. The summed E-state index contributed by atoms with van der Waals surface area (Å²) in [4.78, 5) is 24.1. The molecule has 16 heavy (non-hydrogen) atoms. The summed E-state index contributed by atoms with van der Waals surface area (Å²) in [5.41, 5.74) is 0. The SMILES string of the molecule is CCCC(C)NC(=O)CNCC(=O)N(C)C. The summed E-state index contributed by atoms with van der Waals surface area (Å²) in [6.07, 6.45) is 2.02. The van der Waals surface area contributed by atoms with E-state index < -0.39 is 0 Å². The summed E-state index contributed by atoms with van der Waals surface area (Å²) in [5, 5.41) is 5.67. The zero-order valence-electron chi connectivity index (χ0n) is 10.7. The Balaban J connectivity index is 3.62. The van der Waals surface area contributed by atoms with Crippen molar-refractivity contribution in [2.24, 2.45) is 0 Å². The molecule has 0 aromatic heterocycles. The molecule has 0 heterocycles. The molecule has 0 aliphatic carbocycles. The summed E-state index contributed by atoms with van der Waals surface area (Å²) in [6.45, 7) is 4.44. The molecule has 2 amide bonds. The predicted octanol–water partition coefficient (Wildman–Crippen LogP) is -0.0310. The highest BCUT2D eigenvalue weighted by atomic mass is 16.2. The lowest BCUT2D eigenvalue weighted by molar-refractivity contribution is -0.127. The normalized spacial score (nSPS) is 12.0. The lowest BCUT2D eigenvalue weighted by Gasteiger charge is -2.14. The van der Waals surface area contributed by atoms with E-state index >= 15 is 0 Å². The average molecular weight is 229 g/mol. The molecule has 0 spiro atoms. The Labute approximate surface area is 97.6 Å². The van der Waals surface area contributed by atoms with Crippen LogP contribution in [0, 0.1) is 0 Å². The third-order valence-electron chi connectivity index (χ3n) is 2.19. The lowest BCUT2D eigenvalue weighted by Crippen LogP contribution is -2.42. The average Bonchev–Trinajstić information content (AvgIpc) is 2.17. The number of hydrogen-bond acceptors (Lipinski definition) is 3. The summed E-state index contributed by atoms with van der Waals surface area (Å²) < 4.78 is 0. The number of rotatable bonds is 7. The molecule has 0 bridgehead atoms. The van der Waals surface area contributed by atoms with Gasteiger partial charge in [0.1, 0.15) is 0 Å². The van der Waals surface area contributed by atoms with E-state index in [1.807, 2.05) is 6.92 Å². The maximum absolute atomic E-state index is 11.4. The molecular formula is C11H23N3O2. The zero-order chi connectivity index (χ0) is 12.6. The van der Waals surface area contributed by atoms with Gasteiger partial charge in [0.15, 0.2) is 0 Å². The first-order chi connectivity index (χ1) is 7.47. The number of nitrogens with one attached hydrogen (secondary N) is 2. The van der Waals surface area contributed by atoms with Crippen molar-refractivity contribution in [1.82, 2.24) is 15.5 Å². The zero-order valence-corrected chi connectivity index (χ0v) is 10.7. The maximum Gasteiger partial charge on any atom is 0.236 e. The van der Waals surface area contributed by atoms with Crippen LogP contribution in [0.2, 0.25) is 0 Å². The highest BCUT2D eigenvalue weighted by Gasteiger charge is 2.07. The van der Waals surface area contributed by atoms with Crippen LogP contribution < -0.4 is 10.6 Å². The third kappa shape index (κ3) is 7.23. The van der Waals surface area contributed by atoms with Gasteiger partial charge in [-0.2, -0.15) is 0 Å². The van der Waals surface area contributed by atoms with Crippen LogP contribution in [0.15, 0.2) is 0 Å². The van der Waals surface area contributed by atoms with Crippen LogP contribution in [-0.4, -0.2) is 49.9 Å². The van der Waals surface area contributed by atoms with Crippen molar-refractivity contribution in [1.29, 1.82) is 0 Å². The van der Waals surface area contributed by atoms with Crippen molar-refractivity contribution in [3.05, 3.63) is 0 Å². The third-order valence-corrected chi connectivity index (χ3v) is 2.19. The Kier molecular flexibility index (Phi) is 7.54. The molecule has 2 N–H and O–H groups in total. The fourth-order valence-electron chi connectivity index (χ4n) is 1.27. The van der Waals surface area contributed by atoms with E-state index in [2.05, 4.69) is 17.6 Å². The van der Waals surface area contributed by atoms with Crippen LogP contribution in [0.5, 0.6) is 0 Å². The molecule has 5 heteroatoms. The first-order valence-electron chi connectivity index (χ1n) is 5.67. The van der Waals surface area contributed by atoms with E-state index in [1.54, 1.807) is 14.1 Å². The number of amides is 2. The van der Waals surface area contributed by atoms with Gasteiger partial charge in [0, 0.05) is 20.1 Å². The van der Waals surface area contributed by atoms with E-state index in [0.29, 0.717) is 0 Å². The van der Waals surface area contributed by atoms with E-state index in [4.69, 9.17) is 0 Å². The van der Waals surface area contributed by atoms with Gasteiger partial charge >= 0.3 is 0 Å². The molecule has 0 saturated carbocycles. The van der Waals surface area contributed by atoms with Gasteiger partial charge in [-0.25, -0.2) is 0 Å². The number of hydrogen-bond donors (Lipinski definition) is 2. The fraction of sp³-hybridized carbons (Fsp3) is 0.818. The molecule has 0 aromatic rings. The van der Waals surface area contributed by atoms with E-state index in [1.165, 1.54) is 4.90 Å². The van der Waals surface area contributed by atoms with Crippen molar-refractivity contribution >= 4 is 11.8 Å². The number of nitrogens with zero attached hydrogens (tertiary/aromatic N) is 1. The molecule has 5 nitrogen and oxygen atoms in total. The van der Waals surface area contributed by atoms with Crippen LogP contribution in [-0.2, 0) is 9.59 Å². The largest absolute Gasteiger partial charge is 0.353 e. The molecule has 0 radical (unpaired) electrons. The minimum atomic E-state index is -0.0625. The summed E-state index contributed by atoms with van der Waals surface area (Å²) >= 11 is 0. The Bertz CT molecular complexity index is 229. The van der Waals surface area contributed by atoms with Gasteiger partial charge in [-0.1, -0.05) is 13.3 Å². The van der Waals surface area contributed by atoms with Crippen molar-refractivity contribution in [2.75, 3.05) is 27.2 Å². The van der Waals surface area contributed by atoms with Gasteiger partial charge in [0.2, 0.25) is 11.8 Å². The highest BCUT2D eigenvalue weighted by molar-refractivity contribution is 5.81. The minimum absolute atomic E-state index is 0.0330. The summed E-state index contributed by atoms with van der Waals surface area (Å²) in [7, 11) is 3.38. The number of carbonyl (C=O) groups is 2. The maximum atomic E-state index is 11.4. The molecule has 1 atom stereocenters. The van der Waals surface area contributed by atoms with E-state index in [-0.39, 0.29) is 30.9 Å². The minimum Gasteiger partial charge on any atom is -0.353 e. The molecule has 0 saturated heterocycles. The highest BCUT2D eigenvalue weighted by Crippen LogP contribution is 1.93. The molecule has 0 aromatic carbocycles. The first-order valence-corrected chi connectivity index (χ1v) is 5.67. The Morgan fingerprint density at radius 1 is 1.25 bits per heavy atom. The second-order valence-corrected chi connectivity index (χ2v) is 4.15. The first kappa shape index (κ1) is 14.9.